The molecule has 0 saturated carbocycles. The van der Waals surface area contributed by atoms with Gasteiger partial charge in [-0.15, -0.1) is 5.10 Å². The zero-order valence-electron chi connectivity index (χ0n) is 14.7. The summed E-state index contributed by atoms with van der Waals surface area (Å²) in [7, 11) is 0. The van der Waals surface area contributed by atoms with Crippen LogP contribution in [0.25, 0.3) is 5.78 Å². The summed E-state index contributed by atoms with van der Waals surface area (Å²) in [5.74, 6) is 0.536. The fourth-order valence-electron chi connectivity index (χ4n) is 3.48. The van der Waals surface area contributed by atoms with Crippen molar-refractivity contribution in [1.29, 1.82) is 0 Å². The van der Waals surface area contributed by atoms with Crippen LogP contribution in [0.3, 0.4) is 0 Å². The fourth-order valence-corrected chi connectivity index (χ4v) is 3.48. The Hall–Kier alpha value is -2.77. The Balaban J connectivity index is 1.59. The Morgan fingerprint density at radius 2 is 2.08 bits per heavy atom. The second-order valence-electron chi connectivity index (χ2n) is 6.64. The number of carbonyl (C=O) groups excluding carboxylic acids is 1. The maximum Gasteiger partial charge on any atom is 0.293 e. The zero-order valence-corrected chi connectivity index (χ0v) is 14.7. The average Bonchev–Trinajstić information content (AvgIpc) is 3.27. The van der Waals surface area contributed by atoms with E-state index in [0.29, 0.717) is 12.3 Å². The van der Waals surface area contributed by atoms with Crippen LogP contribution in [0.2, 0.25) is 0 Å². The Bertz CT molecular complexity index is 942. The first kappa shape index (κ1) is 15.7. The second kappa shape index (κ2) is 5.94. The smallest absolute Gasteiger partial charge is 0.293 e. The highest BCUT2D eigenvalue weighted by Gasteiger charge is 2.32. The molecule has 1 aliphatic heterocycles. The van der Waals surface area contributed by atoms with Gasteiger partial charge in [0.25, 0.3) is 11.7 Å². The molecular formula is C17H21N7O. The summed E-state index contributed by atoms with van der Waals surface area (Å²) in [5, 5.41) is 8.87. The van der Waals surface area contributed by atoms with Gasteiger partial charge in [-0.2, -0.15) is 10.1 Å². The molecule has 0 radical (unpaired) electrons. The predicted molar refractivity (Wildman–Crippen MR) is 91.3 cm³/mol. The maximum absolute atomic E-state index is 12.9. The zero-order chi connectivity index (χ0) is 17.6. The van der Waals surface area contributed by atoms with Gasteiger partial charge in [0.1, 0.15) is 0 Å². The highest BCUT2D eigenvalue weighted by Crippen LogP contribution is 2.21. The van der Waals surface area contributed by atoms with E-state index in [1.807, 2.05) is 36.4 Å². The minimum Gasteiger partial charge on any atom is -0.331 e. The lowest BCUT2D eigenvalue weighted by atomic mass is 10.2. The van der Waals surface area contributed by atoms with Gasteiger partial charge >= 0.3 is 0 Å². The lowest BCUT2D eigenvalue weighted by molar-refractivity contribution is 0.0709. The average molecular weight is 339 g/mol. The third kappa shape index (κ3) is 2.77. The molecule has 1 fully saturated rings. The van der Waals surface area contributed by atoms with Crippen LogP contribution in [0.1, 0.15) is 40.5 Å². The number of aromatic nitrogens is 6. The number of hydrogen-bond acceptors (Lipinski definition) is 5. The normalized spacial score (nSPS) is 17.6. The molecule has 0 N–H and O–H groups in total. The molecule has 1 amide bonds. The molecule has 1 aliphatic rings. The lowest BCUT2D eigenvalue weighted by Crippen LogP contribution is -2.39. The van der Waals surface area contributed by atoms with Crippen LogP contribution < -0.4 is 0 Å². The molecule has 1 saturated heterocycles. The fraction of sp³-hybridized carbons (Fsp3) is 0.471. The van der Waals surface area contributed by atoms with E-state index in [2.05, 4.69) is 26.2 Å². The molecule has 0 spiro atoms. The number of hydrogen-bond donors (Lipinski definition) is 0. The molecule has 130 valence electrons. The Labute approximate surface area is 145 Å². The molecule has 0 aromatic carbocycles. The number of aryl methyl sites for hydroxylation is 3. The van der Waals surface area contributed by atoms with E-state index < -0.39 is 0 Å². The second-order valence-corrected chi connectivity index (χ2v) is 6.64. The van der Waals surface area contributed by atoms with Gasteiger partial charge in [0.05, 0.1) is 18.3 Å². The first-order chi connectivity index (χ1) is 12.0. The summed E-state index contributed by atoms with van der Waals surface area (Å²) in [5.41, 5.74) is 3.01. The van der Waals surface area contributed by atoms with Crippen molar-refractivity contribution in [3.8, 4) is 0 Å². The minimum absolute atomic E-state index is 0.117. The van der Waals surface area contributed by atoms with Gasteiger partial charge in [-0.3, -0.25) is 9.48 Å². The van der Waals surface area contributed by atoms with Crippen LogP contribution >= 0.6 is 0 Å². The number of rotatable bonds is 3. The monoisotopic (exact) mass is 339 g/mol. The van der Waals surface area contributed by atoms with Crippen molar-refractivity contribution in [1.82, 2.24) is 34.3 Å². The van der Waals surface area contributed by atoms with Crippen LogP contribution in [0.4, 0.5) is 0 Å². The molecule has 3 aromatic heterocycles. The maximum atomic E-state index is 12.9. The highest BCUT2D eigenvalue weighted by molar-refractivity contribution is 5.91. The molecular weight excluding hydrogens is 318 g/mol. The molecule has 0 unspecified atom stereocenters. The van der Waals surface area contributed by atoms with Crippen LogP contribution in [-0.2, 0) is 6.54 Å². The van der Waals surface area contributed by atoms with Crippen LogP contribution in [0.15, 0.2) is 18.3 Å². The molecule has 4 heterocycles. The molecule has 8 heteroatoms. The quantitative estimate of drug-likeness (QED) is 0.723. The van der Waals surface area contributed by atoms with E-state index in [4.69, 9.17) is 0 Å². The molecule has 1 atom stereocenters. The Morgan fingerprint density at radius 3 is 2.80 bits per heavy atom. The van der Waals surface area contributed by atoms with E-state index >= 15 is 0 Å². The molecule has 3 aromatic rings. The van der Waals surface area contributed by atoms with Crippen molar-refractivity contribution < 1.29 is 4.79 Å². The van der Waals surface area contributed by atoms with Crippen molar-refractivity contribution in [3.05, 3.63) is 41.2 Å². The standard InChI is InChI=1S/C17H21N7O/c1-11-9-13(3)23(20-11)10-14-5-4-8-22(14)16(25)15-19-17-18-7-6-12(2)24(17)21-15/h6-7,9,14H,4-5,8,10H2,1-3H3/t14-/m1/s1. The van der Waals surface area contributed by atoms with Crippen LogP contribution in [0.5, 0.6) is 0 Å². The summed E-state index contributed by atoms with van der Waals surface area (Å²) in [6.07, 6.45) is 3.63. The van der Waals surface area contributed by atoms with E-state index in [-0.39, 0.29) is 17.8 Å². The third-order valence-electron chi connectivity index (χ3n) is 4.75. The summed E-state index contributed by atoms with van der Waals surface area (Å²) in [4.78, 5) is 23.3. The van der Waals surface area contributed by atoms with Crippen LogP contribution in [-0.4, -0.2) is 52.8 Å². The van der Waals surface area contributed by atoms with Crippen molar-refractivity contribution in [2.24, 2.45) is 0 Å². The summed E-state index contributed by atoms with van der Waals surface area (Å²) in [6.45, 7) is 7.37. The van der Waals surface area contributed by atoms with E-state index in [9.17, 15) is 4.79 Å². The van der Waals surface area contributed by atoms with Gasteiger partial charge in [-0.25, -0.2) is 9.50 Å². The molecule has 4 rings (SSSR count). The third-order valence-corrected chi connectivity index (χ3v) is 4.75. The van der Waals surface area contributed by atoms with Gasteiger partial charge in [0.15, 0.2) is 0 Å². The Kier molecular flexibility index (Phi) is 3.74. The number of fused-ring (bicyclic) bond motifs is 1. The number of nitrogens with zero attached hydrogens (tertiary/aromatic N) is 7. The lowest BCUT2D eigenvalue weighted by Gasteiger charge is -2.23. The number of likely N-dealkylation sites (tertiary alicyclic amines) is 1. The highest BCUT2D eigenvalue weighted by atomic mass is 16.2. The van der Waals surface area contributed by atoms with Crippen molar-refractivity contribution >= 4 is 11.7 Å². The van der Waals surface area contributed by atoms with Crippen LogP contribution in [0, 0.1) is 20.8 Å². The van der Waals surface area contributed by atoms with E-state index in [1.165, 1.54) is 0 Å². The van der Waals surface area contributed by atoms with Gasteiger partial charge in [-0.05, 0) is 45.7 Å². The predicted octanol–water partition coefficient (Wildman–Crippen LogP) is 1.55. The van der Waals surface area contributed by atoms with Gasteiger partial charge in [-0.1, -0.05) is 0 Å². The molecule has 0 aliphatic carbocycles. The van der Waals surface area contributed by atoms with Crippen molar-refractivity contribution in [2.45, 2.75) is 46.2 Å². The topological polar surface area (TPSA) is 81.2 Å². The number of carbonyl (C=O) groups is 1. The molecule has 25 heavy (non-hydrogen) atoms. The summed E-state index contributed by atoms with van der Waals surface area (Å²) < 4.78 is 3.59. The molecule has 0 bridgehead atoms. The first-order valence-corrected chi connectivity index (χ1v) is 8.53. The molecule has 8 nitrogen and oxygen atoms in total. The Morgan fingerprint density at radius 1 is 1.24 bits per heavy atom. The SMILES string of the molecule is Cc1cc(C)n(C[C@H]2CCCN2C(=O)c2nc3nccc(C)n3n2)n1. The minimum atomic E-state index is -0.131. The van der Waals surface area contributed by atoms with E-state index in [1.54, 1.807) is 10.7 Å². The number of amides is 1. The van der Waals surface area contributed by atoms with Crippen molar-refractivity contribution in [3.63, 3.8) is 0 Å². The first-order valence-electron chi connectivity index (χ1n) is 8.53. The van der Waals surface area contributed by atoms with Gasteiger partial charge in [0.2, 0.25) is 5.82 Å². The largest absolute Gasteiger partial charge is 0.331 e. The van der Waals surface area contributed by atoms with E-state index in [0.717, 1.165) is 36.5 Å². The van der Waals surface area contributed by atoms with Crippen molar-refractivity contribution in [2.75, 3.05) is 6.54 Å². The summed E-state index contributed by atoms with van der Waals surface area (Å²) >= 11 is 0. The van der Waals surface area contributed by atoms with Gasteiger partial charge < -0.3 is 4.90 Å². The summed E-state index contributed by atoms with van der Waals surface area (Å²) in [6, 6.07) is 4.02. The van der Waals surface area contributed by atoms with Gasteiger partial charge in [0, 0.05) is 24.1 Å².